The van der Waals surface area contributed by atoms with E-state index in [1.54, 1.807) is 6.07 Å². The maximum atomic E-state index is 13.6. The van der Waals surface area contributed by atoms with Gasteiger partial charge in [-0.15, -0.1) is 0 Å². The van der Waals surface area contributed by atoms with Crippen LogP contribution in [-0.4, -0.2) is 24.2 Å². The van der Waals surface area contributed by atoms with Crippen molar-refractivity contribution in [1.82, 2.24) is 5.32 Å². The molecule has 0 fully saturated rings. The molecule has 5 heteroatoms. The summed E-state index contributed by atoms with van der Waals surface area (Å²) in [5, 5.41) is 12.1. The van der Waals surface area contributed by atoms with Crippen LogP contribution in [-0.2, 0) is 11.2 Å². The number of hydrogen-bond donors (Lipinski definition) is 2. The Bertz CT molecular complexity index is 445. The van der Waals surface area contributed by atoms with Crippen molar-refractivity contribution in [3.63, 3.8) is 0 Å². The molecule has 0 bridgehead atoms. The molecule has 0 saturated heterocycles. The van der Waals surface area contributed by atoms with Crippen molar-refractivity contribution in [3.8, 4) is 0 Å². The van der Waals surface area contributed by atoms with Gasteiger partial charge in [-0.1, -0.05) is 31.5 Å². The van der Waals surface area contributed by atoms with Crippen LogP contribution >= 0.6 is 11.6 Å². The van der Waals surface area contributed by atoms with Gasteiger partial charge in [-0.05, 0) is 36.8 Å². The van der Waals surface area contributed by atoms with Gasteiger partial charge in [0.05, 0.1) is 6.42 Å². The van der Waals surface area contributed by atoms with E-state index in [0.717, 1.165) is 6.42 Å². The maximum absolute atomic E-state index is 13.6. The average Bonchev–Trinajstić information content (AvgIpc) is 2.40. The van der Waals surface area contributed by atoms with Gasteiger partial charge in [-0.2, -0.15) is 0 Å². The standard InChI is InChI=1S/C16H23ClFNO2/c1-11(2)8-12(6-7-20)10-19-16(21)9-13-14(17)4-3-5-15(13)18/h3-5,11-12,20H,6-10H2,1-2H3,(H,19,21). The third-order valence-electron chi connectivity index (χ3n) is 3.33. The van der Waals surface area contributed by atoms with Gasteiger partial charge >= 0.3 is 0 Å². The first-order valence-corrected chi connectivity index (χ1v) is 7.62. The van der Waals surface area contributed by atoms with Gasteiger partial charge in [0.15, 0.2) is 0 Å². The zero-order chi connectivity index (χ0) is 15.8. The van der Waals surface area contributed by atoms with Gasteiger partial charge in [0.25, 0.3) is 0 Å². The monoisotopic (exact) mass is 315 g/mol. The van der Waals surface area contributed by atoms with Crippen molar-refractivity contribution >= 4 is 17.5 Å². The molecule has 1 unspecified atom stereocenters. The first kappa shape index (κ1) is 17.9. The number of aliphatic hydroxyl groups excluding tert-OH is 1. The number of hydrogen-bond acceptors (Lipinski definition) is 2. The highest BCUT2D eigenvalue weighted by molar-refractivity contribution is 6.31. The second-order valence-corrected chi connectivity index (χ2v) is 6.10. The lowest BCUT2D eigenvalue weighted by Gasteiger charge is -2.18. The highest BCUT2D eigenvalue weighted by Crippen LogP contribution is 2.19. The molecule has 1 aromatic rings. The third-order valence-corrected chi connectivity index (χ3v) is 3.68. The van der Waals surface area contributed by atoms with E-state index in [0.29, 0.717) is 18.9 Å². The average molecular weight is 316 g/mol. The van der Waals surface area contributed by atoms with E-state index in [9.17, 15) is 9.18 Å². The molecule has 0 aromatic heterocycles. The third kappa shape index (κ3) is 6.44. The van der Waals surface area contributed by atoms with Crippen molar-refractivity contribution < 1.29 is 14.3 Å². The molecule has 0 aliphatic rings. The van der Waals surface area contributed by atoms with Gasteiger partial charge < -0.3 is 10.4 Å². The fourth-order valence-corrected chi connectivity index (χ4v) is 2.56. The molecule has 1 atom stereocenters. The SMILES string of the molecule is CC(C)CC(CCO)CNC(=O)Cc1c(F)cccc1Cl. The number of carbonyl (C=O) groups excluding carboxylic acids is 1. The molecule has 2 N–H and O–H groups in total. The summed E-state index contributed by atoms with van der Waals surface area (Å²) in [5.41, 5.74) is 0.222. The lowest BCUT2D eigenvalue weighted by Crippen LogP contribution is -2.31. The zero-order valence-corrected chi connectivity index (χ0v) is 13.3. The molecule has 0 saturated carbocycles. The number of nitrogens with one attached hydrogen (secondary N) is 1. The van der Waals surface area contributed by atoms with Crippen LogP contribution in [0.25, 0.3) is 0 Å². The lowest BCUT2D eigenvalue weighted by molar-refractivity contribution is -0.120. The second kappa shape index (κ2) is 9.00. The van der Waals surface area contributed by atoms with Gasteiger partial charge in [-0.25, -0.2) is 4.39 Å². The Balaban J connectivity index is 2.53. The first-order chi connectivity index (χ1) is 9.93. The summed E-state index contributed by atoms with van der Waals surface area (Å²) < 4.78 is 13.6. The predicted octanol–water partition coefficient (Wildman–Crippen LogP) is 3.18. The Morgan fingerprint density at radius 1 is 1.43 bits per heavy atom. The molecule has 0 spiro atoms. The summed E-state index contributed by atoms with van der Waals surface area (Å²) in [6.07, 6.45) is 1.51. The number of halogens is 2. The van der Waals surface area contributed by atoms with E-state index >= 15 is 0 Å². The lowest BCUT2D eigenvalue weighted by atomic mass is 9.94. The van der Waals surface area contributed by atoms with Crippen molar-refractivity contribution in [2.75, 3.05) is 13.2 Å². The van der Waals surface area contributed by atoms with Crippen LogP contribution in [0.5, 0.6) is 0 Å². The molecule has 118 valence electrons. The summed E-state index contributed by atoms with van der Waals surface area (Å²) in [6.45, 7) is 4.80. The quantitative estimate of drug-likeness (QED) is 0.774. The zero-order valence-electron chi connectivity index (χ0n) is 12.5. The van der Waals surface area contributed by atoms with E-state index < -0.39 is 5.82 Å². The van der Waals surface area contributed by atoms with Gasteiger partial charge in [0.1, 0.15) is 5.82 Å². The molecule has 3 nitrogen and oxygen atoms in total. The molecule has 1 amide bonds. The molecular weight excluding hydrogens is 293 g/mol. The van der Waals surface area contributed by atoms with Gasteiger partial charge in [0, 0.05) is 23.7 Å². The van der Waals surface area contributed by atoms with Crippen molar-refractivity contribution in [3.05, 3.63) is 34.6 Å². The Morgan fingerprint density at radius 3 is 2.71 bits per heavy atom. The Morgan fingerprint density at radius 2 is 2.14 bits per heavy atom. The number of carbonyl (C=O) groups is 1. The first-order valence-electron chi connectivity index (χ1n) is 7.24. The van der Waals surface area contributed by atoms with Crippen LogP contribution in [0.1, 0.15) is 32.3 Å². The topological polar surface area (TPSA) is 49.3 Å². The van der Waals surface area contributed by atoms with Gasteiger partial charge in [0.2, 0.25) is 5.91 Å². The summed E-state index contributed by atoms with van der Waals surface area (Å²) >= 11 is 5.90. The minimum Gasteiger partial charge on any atom is -0.396 e. The highest BCUT2D eigenvalue weighted by Gasteiger charge is 2.15. The predicted molar refractivity (Wildman–Crippen MR) is 82.8 cm³/mol. The Hall–Kier alpha value is -1.13. The van der Waals surface area contributed by atoms with Crippen molar-refractivity contribution in [1.29, 1.82) is 0 Å². The van der Waals surface area contributed by atoms with Crippen LogP contribution in [0.2, 0.25) is 5.02 Å². The Kier molecular flexibility index (Phi) is 7.68. The van der Waals surface area contributed by atoms with E-state index in [4.69, 9.17) is 16.7 Å². The minimum atomic E-state index is -0.466. The molecule has 0 radical (unpaired) electrons. The van der Waals surface area contributed by atoms with E-state index in [1.807, 2.05) is 0 Å². The summed E-state index contributed by atoms with van der Waals surface area (Å²) in [7, 11) is 0. The van der Waals surface area contributed by atoms with E-state index in [2.05, 4.69) is 19.2 Å². The summed E-state index contributed by atoms with van der Waals surface area (Å²) in [6, 6.07) is 4.38. The molecule has 0 heterocycles. The summed E-state index contributed by atoms with van der Waals surface area (Å²) in [4.78, 5) is 11.9. The normalized spacial score (nSPS) is 12.5. The van der Waals surface area contributed by atoms with Gasteiger partial charge in [-0.3, -0.25) is 4.79 Å². The second-order valence-electron chi connectivity index (χ2n) is 5.69. The van der Waals surface area contributed by atoms with Crippen LogP contribution < -0.4 is 5.32 Å². The van der Waals surface area contributed by atoms with Crippen LogP contribution in [0.15, 0.2) is 18.2 Å². The van der Waals surface area contributed by atoms with Crippen LogP contribution in [0, 0.1) is 17.7 Å². The van der Waals surface area contributed by atoms with Crippen LogP contribution in [0.4, 0.5) is 4.39 Å². The van der Waals surface area contributed by atoms with E-state index in [-0.39, 0.29) is 35.4 Å². The molecule has 0 aliphatic heterocycles. The van der Waals surface area contributed by atoms with E-state index in [1.165, 1.54) is 12.1 Å². The smallest absolute Gasteiger partial charge is 0.224 e. The molecule has 1 rings (SSSR count). The fourth-order valence-electron chi connectivity index (χ4n) is 2.33. The largest absolute Gasteiger partial charge is 0.396 e. The summed E-state index contributed by atoms with van der Waals surface area (Å²) in [5.74, 6) is 0.00920. The Labute approximate surface area is 130 Å². The fraction of sp³-hybridized carbons (Fsp3) is 0.562. The molecule has 21 heavy (non-hydrogen) atoms. The minimum absolute atomic E-state index is 0.0704. The molecule has 0 aliphatic carbocycles. The van der Waals surface area contributed by atoms with Crippen molar-refractivity contribution in [2.45, 2.75) is 33.1 Å². The van der Waals surface area contributed by atoms with Crippen molar-refractivity contribution in [2.24, 2.45) is 11.8 Å². The number of aliphatic hydroxyl groups is 1. The number of rotatable bonds is 8. The number of amides is 1. The van der Waals surface area contributed by atoms with Crippen LogP contribution in [0.3, 0.4) is 0 Å². The maximum Gasteiger partial charge on any atom is 0.224 e. The molecule has 1 aromatic carbocycles. The molecular formula is C16H23ClFNO2. The highest BCUT2D eigenvalue weighted by atomic mass is 35.5. The number of benzene rings is 1.